The van der Waals surface area contributed by atoms with Gasteiger partial charge in [-0.15, -0.1) is 0 Å². The van der Waals surface area contributed by atoms with Crippen LogP contribution in [0.15, 0.2) is 48.5 Å². The van der Waals surface area contributed by atoms with Crippen molar-refractivity contribution in [3.63, 3.8) is 0 Å². The number of carboxylic acids is 2. The maximum atomic E-state index is 10.9. The van der Waals surface area contributed by atoms with E-state index < -0.39 is 11.9 Å². The molecule has 0 heterocycles. The molecule has 0 fully saturated rings. The van der Waals surface area contributed by atoms with Gasteiger partial charge in [-0.2, -0.15) is 0 Å². The average Bonchev–Trinajstić information content (AvgIpc) is 2.39. The Kier molecular flexibility index (Phi) is 5.30. The number of rotatable bonds is 3. The Bertz CT molecular complexity index is 567. The number of hydrogen-bond donors (Lipinski definition) is 2. The van der Waals surface area contributed by atoms with E-state index in [1.54, 1.807) is 24.3 Å². The molecule has 0 aliphatic carbocycles. The van der Waals surface area contributed by atoms with Crippen LogP contribution in [-0.2, 0) is 0 Å². The topological polar surface area (TPSA) is 74.6 Å². The van der Waals surface area contributed by atoms with Gasteiger partial charge in [0.15, 0.2) is 0 Å². The number of hydrogen-bond acceptors (Lipinski definition) is 2. The standard InChI is InChI=1S/C14H10O4.Na.H/c15-13(16)11-5-1-3-9(7-11)10-4-2-6-12(8-10)14(17)18;;/h1-8H,(H,15,16)(H,17,18);;. The molecule has 0 saturated carbocycles. The van der Waals surface area contributed by atoms with Gasteiger partial charge in [-0.25, -0.2) is 9.59 Å². The summed E-state index contributed by atoms with van der Waals surface area (Å²) in [5, 5.41) is 17.8. The van der Waals surface area contributed by atoms with Crippen LogP contribution >= 0.6 is 0 Å². The fourth-order valence-corrected chi connectivity index (χ4v) is 1.66. The molecule has 0 unspecified atom stereocenters. The van der Waals surface area contributed by atoms with Gasteiger partial charge in [0, 0.05) is 0 Å². The van der Waals surface area contributed by atoms with Gasteiger partial charge in [-0.1, -0.05) is 24.3 Å². The monoisotopic (exact) mass is 266 g/mol. The molecule has 19 heavy (non-hydrogen) atoms. The normalized spacial score (nSPS) is 9.47. The second-order valence-electron chi connectivity index (χ2n) is 3.77. The van der Waals surface area contributed by atoms with Gasteiger partial charge < -0.3 is 10.2 Å². The molecule has 0 aromatic heterocycles. The van der Waals surface area contributed by atoms with Crippen molar-refractivity contribution in [2.24, 2.45) is 0 Å². The molecule has 2 aromatic rings. The Morgan fingerprint density at radius 3 is 1.42 bits per heavy atom. The van der Waals surface area contributed by atoms with Crippen molar-refractivity contribution in [1.82, 2.24) is 0 Å². The molecule has 2 aromatic carbocycles. The van der Waals surface area contributed by atoms with Crippen LogP contribution in [-0.4, -0.2) is 51.7 Å². The molecule has 2 rings (SSSR count). The molecule has 0 saturated heterocycles. The van der Waals surface area contributed by atoms with Crippen LogP contribution in [0.4, 0.5) is 0 Å². The summed E-state index contributed by atoms with van der Waals surface area (Å²) in [7, 11) is 0. The van der Waals surface area contributed by atoms with Crippen molar-refractivity contribution in [2.75, 3.05) is 0 Å². The zero-order valence-corrected chi connectivity index (χ0v) is 9.33. The third-order valence-electron chi connectivity index (χ3n) is 2.55. The summed E-state index contributed by atoms with van der Waals surface area (Å²) < 4.78 is 0. The molecule has 0 amide bonds. The molecule has 0 aliphatic heterocycles. The van der Waals surface area contributed by atoms with Crippen LogP contribution in [0.2, 0.25) is 0 Å². The first-order valence-electron chi connectivity index (χ1n) is 5.25. The summed E-state index contributed by atoms with van der Waals surface area (Å²) >= 11 is 0. The quantitative estimate of drug-likeness (QED) is 0.834. The van der Waals surface area contributed by atoms with Crippen molar-refractivity contribution in [2.45, 2.75) is 0 Å². The second kappa shape index (κ2) is 6.52. The van der Waals surface area contributed by atoms with Crippen molar-refractivity contribution < 1.29 is 19.8 Å². The molecular weight excluding hydrogens is 255 g/mol. The van der Waals surface area contributed by atoms with Crippen molar-refractivity contribution >= 4 is 41.5 Å². The Morgan fingerprint density at radius 2 is 1.11 bits per heavy atom. The van der Waals surface area contributed by atoms with Crippen LogP contribution in [0.3, 0.4) is 0 Å². The second-order valence-corrected chi connectivity index (χ2v) is 3.77. The van der Waals surface area contributed by atoms with Gasteiger partial charge >= 0.3 is 41.5 Å². The summed E-state index contributed by atoms with van der Waals surface area (Å²) in [6, 6.07) is 12.8. The van der Waals surface area contributed by atoms with Crippen molar-refractivity contribution in [3.8, 4) is 11.1 Å². The fourth-order valence-electron chi connectivity index (χ4n) is 1.66. The van der Waals surface area contributed by atoms with Crippen LogP contribution in [0, 0.1) is 0 Å². The summed E-state index contributed by atoms with van der Waals surface area (Å²) in [5.41, 5.74) is 1.71. The molecule has 0 aliphatic rings. The number of aromatic carboxylic acids is 2. The van der Waals surface area contributed by atoms with Gasteiger partial charge in [0.05, 0.1) is 11.1 Å². The van der Waals surface area contributed by atoms with Crippen LogP contribution in [0.5, 0.6) is 0 Å². The number of benzene rings is 2. The SMILES string of the molecule is O=C(O)c1cccc(-c2cccc(C(=O)O)c2)c1.[NaH]. The molecule has 2 N–H and O–H groups in total. The molecule has 0 atom stereocenters. The number of carbonyl (C=O) groups is 2. The Labute approximate surface area is 132 Å². The van der Waals surface area contributed by atoms with E-state index in [2.05, 4.69) is 0 Å². The molecule has 0 spiro atoms. The molecule has 0 bridgehead atoms. The van der Waals surface area contributed by atoms with E-state index in [-0.39, 0.29) is 40.7 Å². The van der Waals surface area contributed by atoms with Crippen molar-refractivity contribution in [1.29, 1.82) is 0 Å². The van der Waals surface area contributed by atoms with Gasteiger partial charge in [0.2, 0.25) is 0 Å². The van der Waals surface area contributed by atoms with E-state index in [9.17, 15) is 9.59 Å². The predicted octanol–water partition coefficient (Wildman–Crippen LogP) is 2.10. The Morgan fingerprint density at radius 1 is 0.737 bits per heavy atom. The van der Waals surface area contributed by atoms with Crippen LogP contribution in [0.25, 0.3) is 11.1 Å². The minimum absolute atomic E-state index is 0. The zero-order valence-electron chi connectivity index (χ0n) is 9.33. The minimum atomic E-state index is -1.01. The predicted molar refractivity (Wildman–Crippen MR) is 72.9 cm³/mol. The molecule has 0 radical (unpaired) electrons. The Balaban J connectivity index is 0.00000180. The van der Waals surface area contributed by atoms with E-state index >= 15 is 0 Å². The van der Waals surface area contributed by atoms with Crippen LogP contribution < -0.4 is 0 Å². The van der Waals surface area contributed by atoms with Crippen molar-refractivity contribution in [3.05, 3.63) is 59.7 Å². The number of carboxylic acid groups (broad SMARTS) is 2. The Hall–Kier alpha value is -1.62. The van der Waals surface area contributed by atoms with Gasteiger partial charge in [0.1, 0.15) is 0 Å². The first-order chi connectivity index (χ1) is 8.58. The molecule has 92 valence electrons. The van der Waals surface area contributed by atoms with E-state index in [1.807, 2.05) is 0 Å². The van der Waals surface area contributed by atoms with Gasteiger partial charge in [-0.05, 0) is 35.4 Å². The zero-order chi connectivity index (χ0) is 13.1. The first-order valence-corrected chi connectivity index (χ1v) is 5.25. The van der Waals surface area contributed by atoms with E-state index in [0.717, 1.165) is 0 Å². The van der Waals surface area contributed by atoms with Gasteiger partial charge in [0.25, 0.3) is 0 Å². The summed E-state index contributed by atoms with van der Waals surface area (Å²) in [5.74, 6) is -2.02. The third-order valence-corrected chi connectivity index (χ3v) is 2.55. The average molecular weight is 266 g/mol. The summed E-state index contributed by atoms with van der Waals surface area (Å²) in [6.45, 7) is 0. The van der Waals surface area contributed by atoms with Gasteiger partial charge in [-0.3, -0.25) is 0 Å². The van der Waals surface area contributed by atoms with E-state index in [0.29, 0.717) is 11.1 Å². The third kappa shape index (κ3) is 3.67. The molecular formula is C14H11NaO4. The summed E-state index contributed by atoms with van der Waals surface area (Å²) in [4.78, 5) is 21.7. The molecule has 5 heteroatoms. The molecule has 4 nitrogen and oxygen atoms in total. The first kappa shape index (κ1) is 15.4. The fraction of sp³-hybridized carbons (Fsp3) is 0. The van der Waals surface area contributed by atoms with E-state index in [4.69, 9.17) is 10.2 Å². The summed E-state index contributed by atoms with van der Waals surface area (Å²) in [6.07, 6.45) is 0. The van der Waals surface area contributed by atoms with Crippen LogP contribution in [0.1, 0.15) is 20.7 Å². The van der Waals surface area contributed by atoms with E-state index in [1.165, 1.54) is 24.3 Å². The maximum absolute atomic E-state index is 10.9.